The lowest BCUT2D eigenvalue weighted by Gasteiger charge is -2.34. The summed E-state index contributed by atoms with van der Waals surface area (Å²) in [5.74, 6) is 1.39. The van der Waals surface area contributed by atoms with Crippen LogP contribution in [0.25, 0.3) is 15.9 Å². The van der Waals surface area contributed by atoms with Crippen LogP contribution in [-0.4, -0.2) is 27.3 Å². The Hall–Kier alpha value is -2.12. The van der Waals surface area contributed by atoms with Gasteiger partial charge in [0.2, 0.25) is 5.91 Å². The first-order valence-electron chi connectivity index (χ1n) is 12.5. The lowest BCUT2D eigenvalue weighted by molar-refractivity contribution is -0.120. The molecule has 34 heavy (non-hydrogen) atoms. The third-order valence-corrected chi connectivity index (χ3v) is 9.76. The topological polar surface area (TPSA) is 64.0 Å². The Kier molecular flexibility index (Phi) is 6.85. The fourth-order valence-electron chi connectivity index (χ4n) is 5.37. The van der Waals surface area contributed by atoms with E-state index in [9.17, 15) is 9.59 Å². The number of benzene rings is 1. The Morgan fingerprint density at radius 3 is 2.71 bits per heavy atom. The van der Waals surface area contributed by atoms with Gasteiger partial charge in [0, 0.05) is 10.9 Å². The van der Waals surface area contributed by atoms with Gasteiger partial charge in [-0.15, -0.1) is 11.3 Å². The van der Waals surface area contributed by atoms with Crippen molar-refractivity contribution in [2.24, 2.45) is 11.8 Å². The van der Waals surface area contributed by atoms with Gasteiger partial charge in [-0.3, -0.25) is 14.2 Å². The van der Waals surface area contributed by atoms with Crippen molar-refractivity contribution in [2.45, 2.75) is 76.9 Å². The number of hydrogen-bond acceptors (Lipinski definition) is 5. The summed E-state index contributed by atoms with van der Waals surface area (Å²) in [5, 5.41) is 4.63. The summed E-state index contributed by atoms with van der Waals surface area (Å²) >= 11 is 3.03. The van der Waals surface area contributed by atoms with Gasteiger partial charge in [0.25, 0.3) is 5.56 Å². The highest BCUT2D eigenvalue weighted by atomic mass is 32.2. The zero-order valence-electron chi connectivity index (χ0n) is 20.2. The maximum absolute atomic E-state index is 13.8. The average Bonchev–Trinajstić information content (AvgIpc) is 3.20. The van der Waals surface area contributed by atoms with E-state index < -0.39 is 0 Å². The smallest absolute Gasteiger partial charge is 0.267 e. The highest BCUT2D eigenvalue weighted by Crippen LogP contribution is 2.35. The number of carbonyl (C=O) groups is 1. The molecule has 2 aromatic heterocycles. The molecule has 5 rings (SSSR count). The van der Waals surface area contributed by atoms with E-state index in [1.807, 2.05) is 31.2 Å². The molecule has 0 saturated heterocycles. The minimum atomic E-state index is -0.00844. The molecule has 1 aromatic carbocycles. The zero-order valence-corrected chi connectivity index (χ0v) is 21.9. The summed E-state index contributed by atoms with van der Waals surface area (Å²) in [4.78, 5) is 33.8. The molecule has 0 spiro atoms. The molecule has 2 heterocycles. The second kappa shape index (κ2) is 9.86. The molecule has 180 valence electrons. The predicted molar refractivity (Wildman–Crippen MR) is 141 cm³/mol. The molecular formula is C27H33N3O2S2. The molecular weight excluding hydrogens is 462 g/mol. The van der Waals surface area contributed by atoms with Gasteiger partial charge < -0.3 is 5.32 Å². The molecule has 2 aliphatic rings. The number of aryl methyl sites for hydroxylation is 3. The van der Waals surface area contributed by atoms with Crippen LogP contribution in [0.5, 0.6) is 0 Å². The van der Waals surface area contributed by atoms with Gasteiger partial charge in [-0.05, 0) is 68.6 Å². The fraction of sp³-hybridized carbons (Fsp3) is 0.519. The van der Waals surface area contributed by atoms with E-state index in [1.54, 1.807) is 15.9 Å². The van der Waals surface area contributed by atoms with Crippen LogP contribution in [0.2, 0.25) is 0 Å². The Morgan fingerprint density at radius 2 is 1.91 bits per heavy atom. The van der Waals surface area contributed by atoms with Gasteiger partial charge in [0.05, 0.1) is 16.8 Å². The first-order chi connectivity index (χ1) is 16.4. The SMILES string of the molecule is Cc1ccc(-n2c(SCC(=O)NC3CCCC(C)C3C)nc3sc4c(c3c2=O)CCCC4)cc1. The summed E-state index contributed by atoms with van der Waals surface area (Å²) in [6.07, 6.45) is 7.72. The van der Waals surface area contributed by atoms with Crippen molar-refractivity contribution in [1.29, 1.82) is 0 Å². The Labute approximate surface area is 209 Å². The van der Waals surface area contributed by atoms with Crippen molar-refractivity contribution in [3.8, 4) is 5.69 Å². The second-order valence-electron chi connectivity index (χ2n) is 9.99. The van der Waals surface area contributed by atoms with Gasteiger partial charge in [0.15, 0.2) is 5.16 Å². The van der Waals surface area contributed by atoms with E-state index in [0.717, 1.165) is 53.6 Å². The van der Waals surface area contributed by atoms with Gasteiger partial charge >= 0.3 is 0 Å². The number of rotatable bonds is 5. The maximum atomic E-state index is 13.8. The lowest BCUT2D eigenvalue weighted by atomic mass is 9.78. The predicted octanol–water partition coefficient (Wildman–Crippen LogP) is 5.67. The summed E-state index contributed by atoms with van der Waals surface area (Å²) < 4.78 is 1.71. The number of aromatic nitrogens is 2. The number of fused-ring (bicyclic) bond motifs is 3. The number of carbonyl (C=O) groups excluding carboxylic acids is 1. The standard InChI is InChI=1S/C27H33N3O2S2/c1-16-11-13-19(14-12-16)30-26(32)24-20-8-4-5-10-22(20)34-25(24)29-27(30)33-15-23(31)28-21-9-6-7-17(2)18(21)3/h11-14,17-18,21H,4-10,15H2,1-3H3,(H,28,31). The van der Waals surface area contributed by atoms with Crippen LogP contribution in [0.1, 0.15) is 62.0 Å². The van der Waals surface area contributed by atoms with Crippen LogP contribution in [0.4, 0.5) is 0 Å². The molecule has 3 aromatic rings. The quantitative estimate of drug-likeness (QED) is 0.366. The van der Waals surface area contributed by atoms with Crippen LogP contribution in [0.15, 0.2) is 34.2 Å². The van der Waals surface area contributed by atoms with Crippen molar-refractivity contribution < 1.29 is 4.79 Å². The van der Waals surface area contributed by atoms with Crippen LogP contribution >= 0.6 is 23.1 Å². The molecule has 3 atom stereocenters. The summed E-state index contributed by atoms with van der Waals surface area (Å²) in [5.41, 5.74) is 3.13. The van der Waals surface area contributed by atoms with Crippen molar-refractivity contribution in [3.63, 3.8) is 0 Å². The second-order valence-corrected chi connectivity index (χ2v) is 12.0. The molecule has 0 bridgehead atoms. The summed E-state index contributed by atoms with van der Waals surface area (Å²) in [6.45, 7) is 6.55. The van der Waals surface area contributed by atoms with Gasteiger partial charge in [0.1, 0.15) is 4.83 Å². The molecule has 1 amide bonds. The number of thiophene rings is 1. The summed E-state index contributed by atoms with van der Waals surface area (Å²) in [6, 6.07) is 8.20. The first-order valence-corrected chi connectivity index (χ1v) is 14.3. The van der Waals surface area contributed by atoms with Gasteiger partial charge in [-0.2, -0.15) is 0 Å². The van der Waals surface area contributed by atoms with Gasteiger partial charge in [-0.1, -0.05) is 56.1 Å². The Balaban J connectivity index is 1.47. The van der Waals surface area contributed by atoms with Crippen molar-refractivity contribution in [2.75, 3.05) is 5.75 Å². The molecule has 1 N–H and O–H groups in total. The number of hydrogen-bond donors (Lipinski definition) is 1. The minimum absolute atomic E-state index is 0.00844. The first kappa shape index (κ1) is 23.6. The molecule has 2 aliphatic carbocycles. The zero-order chi connectivity index (χ0) is 23.8. The summed E-state index contributed by atoms with van der Waals surface area (Å²) in [7, 11) is 0. The van der Waals surface area contributed by atoms with Crippen molar-refractivity contribution in [3.05, 3.63) is 50.6 Å². The monoisotopic (exact) mass is 495 g/mol. The molecule has 0 radical (unpaired) electrons. The van der Waals surface area contributed by atoms with E-state index >= 15 is 0 Å². The average molecular weight is 496 g/mol. The van der Waals surface area contributed by atoms with Gasteiger partial charge in [-0.25, -0.2) is 4.98 Å². The number of amides is 1. The normalized spacial score (nSPS) is 22.5. The van der Waals surface area contributed by atoms with E-state index in [-0.39, 0.29) is 23.3 Å². The van der Waals surface area contributed by atoms with E-state index in [2.05, 4.69) is 19.2 Å². The number of nitrogens with one attached hydrogen (secondary N) is 1. The number of thioether (sulfide) groups is 1. The minimum Gasteiger partial charge on any atom is -0.352 e. The lowest BCUT2D eigenvalue weighted by Crippen LogP contribution is -2.44. The molecule has 0 aliphatic heterocycles. The molecule has 3 unspecified atom stereocenters. The largest absolute Gasteiger partial charge is 0.352 e. The van der Waals surface area contributed by atoms with Crippen LogP contribution in [0, 0.1) is 18.8 Å². The third-order valence-electron chi connectivity index (χ3n) is 7.64. The Morgan fingerprint density at radius 1 is 1.15 bits per heavy atom. The molecule has 1 saturated carbocycles. The van der Waals surface area contributed by atoms with E-state index in [4.69, 9.17) is 4.98 Å². The third kappa shape index (κ3) is 4.57. The highest BCUT2D eigenvalue weighted by molar-refractivity contribution is 7.99. The van der Waals surface area contributed by atoms with Crippen LogP contribution < -0.4 is 10.9 Å². The van der Waals surface area contributed by atoms with Crippen molar-refractivity contribution in [1.82, 2.24) is 14.9 Å². The Bertz CT molecular complexity index is 1260. The molecule has 5 nitrogen and oxygen atoms in total. The van der Waals surface area contributed by atoms with Crippen LogP contribution in [-0.2, 0) is 17.6 Å². The molecule has 1 fully saturated rings. The van der Waals surface area contributed by atoms with E-state index in [1.165, 1.54) is 35.0 Å². The highest BCUT2D eigenvalue weighted by Gasteiger charge is 2.28. The number of nitrogens with zero attached hydrogens (tertiary/aromatic N) is 2. The van der Waals surface area contributed by atoms with Crippen molar-refractivity contribution >= 4 is 39.2 Å². The fourth-order valence-corrected chi connectivity index (χ4v) is 7.50. The van der Waals surface area contributed by atoms with Crippen LogP contribution in [0.3, 0.4) is 0 Å². The maximum Gasteiger partial charge on any atom is 0.267 e. The molecule has 7 heteroatoms. The van der Waals surface area contributed by atoms with E-state index in [0.29, 0.717) is 17.0 Å².